The molecule has 0 saturated carbocycles. The SMILES string of the molecule is CN1CCCC1CNC(=O)CC1CCNC1.Cl.Cl. The lowest BCUT2D eigenvalue weighted by Gasteiger charge is -2.20. The summed E-state index contributed by atoms with van der Waals surface area (Å²) in [6.45, 7) is 4.09. The summed E-state index contributed by atoms with van der Waals surface area (Å²) in [5.41, 5.74) is 0. The minimum Gasteiger partial charge on any atom is -0.355 e. The van der Waals surface area contributed by atoms with Crippen LogP contribution in [-0.2, 0) is 4.79 Å². The summed E-state index contributed by atoms with van der Waals surface area (Å²) in [4.78, 5) is 14.0. The van der Waals surface area contributed by atoms with Gasteiger partial charge in [-0.15, -0.1) is 24.8 Å². The monoisotopic (exact) mass is 297 g/mol. The van der Waals surface area contributed by atoms with E-state index in [1.807, 2.05) is 0 Å². The molecule has 0 aliphatic carbocycles. The van der Waals surface area contributed by atoms with Crippen LogP contribution in [0.1, 0.15) is 25.7 Å². The number of halogens is 2. The molecular weight excluding hydrogens is 273 g/mol. The third-order valence-corrected chi connectivity index (χ3v) is 3.84. The highest BCUT2D eigenvalue weighted by Gasteiger charge is 2.22. The second-order valence-electron chi connectivity index (χ2n) is 5.14. The second-order valence-corrected chi connectivity index (χ2v) is 5.14. The van der Waals surface area contributed by atoms with Crippen LogP contribution in [-0.4, -0.2) is 50.1 Å². The predicted molar refractivity (Wildman–Crippen MR) is 78.8 cm³/mol. The zero-order chi connectivity index (χ0) is 11.4. The van der Waals surface area contributed by atoms with Crippen LogP contribution in [0.3, 0.4) is 0 Å². The van der Waals surface area contributed by atoms with Crippen LogP contribution < -0.4 is 10.6 Å². The summed E-state index contributed by atoms with van der Waals surface area (Å²) in [5.74, 6) is 0.787. The van der Waals surface area contributed by atoms with E-state index in [-0.39, 0.29) is 30.7 Å². The summed E-state index contributed by atoms with van der Waals surface area (Å²) in [6, 6.07) is 0.561. The molecule has 2 saturated heterocycles. The van der Waals surface area contributed by atoms with Crippen molar-refractivity contribution in [2.45, 2.75) is 31.7 Å². The summed E-state index contributed by atoms with van der Waals surface area (Å²) in [7, 11) is 2.14. The van der Waals surface area contributed by atoms with E-state index in [0.717, 1.165) is 26.1 Å². The fraction of sp³-hybridized carbons (Fsp3) is 0.917. The fourth-order valence-electron chi connectivity index (χ4n) is 2.69. The van der Waals surface area contributed by atoms with Gasteiger partial charge in [0.25, 0.3) is 0 Å². The average Bonchev–Trinajstić information content (AvgIpc) is 2.87. The van der Waals surface area contributed by atoms with Gasteiger partial charge in [-0.25, -0.2) is 0 Å². The molecule has 2 heterocycles. The molecule has 0 aromatic heterocycles. The van der Waals surface area contributed by atoms with Crippen LogP contribution in [0.15, 0.2) is 0 Å². The maximum Gasteiger partial charge on any atom is 0.220 e. The molecule has 4 nitrogen and oxygen atoms in total. The number of nitrogens with one attached hydrogen (secondary N) is 2. The zero-order valence-electron chi connectivity index (χ0n) is 11.0. The van der Waals surface area contributed by atoms with Crippen molar-refractivity contribution in [3.05, 3.63) is 0 Å². The number of rotatable bonds is 4. The Morgan fingerprint density at radius 2 is 2.17 bits per heavy atom. The van der Waals surface area contributed by atoms with E-state index in [1.165, 1.54) is 19.4 Å². The van der Waals surface area contributed by atoms with Crippen molar-refractivity contribution in [1.82, 2.24) is 15.5 Å². The summed E-state index contributed by atoms with van der Waals surface area (Å²) >= 11 is 0. The maximum atomic E-state index is 11.7. The van der Waals surface area contributed by atoms with E-state index in [9.17, 15) is 4.79 Å². The molecular formula is C12H25Cl2N3O. The molecule has 2 atom stereocenters. The molecule has 0 spiro atoms. The molecule has 6 heteroatoms. The molecule has 2 rings (SSSR count). The van der Waals surface area contributed by atoms with Crippen LogP contribution in [0, 0.1) is 5.92 Å². The standard InChI is InChI=1S/C12H23N3O.2ClH/c1-15-6-2-3-11(15)9-14-12(16)7-10-4-5-13-8-10;;/h10-11,13H,2-9H2,1H3,(H,14,16);2*1H. The van der Waals surface area contributed by atoms with Crippen molar-refractivity contribution < 1.29 is 4.79 Å². The number of nitrogens with zero attached hydrogens (tertiary/aromatic N) is 1. The summed E-state index contributed by atoms with van der Waals surface area (Å²) in [6.07, 6.45) is 4.34. The first-order chi connectivity index (χ1) is 7.75. The molecule has 0 bridgehead atoms. The zero-order valence-corrected chi connectivity index (χ0v) is 12.6. The third-order valence-electron chi connectivity index (χ3n) is 3.84. The Labute approximate surface area is 122 Å². The third kappa shape index (κ3) is 5.31. The number of likely N-dealkylation sites (N-methyl/N-ethyl adjacent to an activating group) is 1. The highest BCUT2D eigenvalue weighted by Crippen LogP contribution is 2.14. The van der Waals surface area contributed by atoms with Crippen molar-refractivity contribution >= 4 is 30.7 Å². The van der Waals surface area contributed by atoms with E-state index >= 15 is 0 Å². The number of carbonyl (C=O) groups is 1. The van der Waals surface area contributed by atoms with Gasteiger partial charge >= 0.3 is 0 Å². The molecule has 0 aromatic rings. The van der Waals surface area contributed by atoms with Gasteiger partial charge in [0.05, 0.1) is 0 Å². The number of hydrogen-bond donors (Lipinski definition) is 2. The van der Waals surface area contributed by atoms with Gasteiger partial charge in [0.15, 0.2) is 0 Å². The van der Waals surface area contributed by atoms with E-state index in [1.54, 1.807) is 0 Å². The molecule has 2 aliphatic rings. The van der Waals surface area contributed by atoms with Gasteiger partial charge < -0.3 is 15.5 Å². The normalized spacial score (nSPS) is 27.4. The Kier molecular flexibility index (Phi) is 8.95. The Morgan fingerprint density at radius 3 is 2.72 bits per heavy atom. The lowest BCUT2D eigenvalue weighted by atomic mass is 10.0. The Hall–Kier alpha value is -0.0300. The summed E-state index contributed by atoms with van der Waals surface area (Å²) in [5, 5.41) is 6.37. The molecule has 2 unspecified atom stereocenters. The molecule has 18 heavy (non-hydrogen) atoms. The highest BCUT2D eigenvalue weighted by molar-refractivity contribution is 5.85. The van der Waals surface area contributed by atoms with Crippen molar-refractivity contribution in [1.29, 1.82) is 0 Å². The minimum atomic E-state index is 0. The average molecular weight is 298 g/mol. The van der Waals surface area contributed by atoms with Crippen molar-refractivity contribution in [3.8, 4) is 0 Å². The van der Waals surface area contributed by atoms with Crippen molar-refractivity contribution in [2.75, 3.05) is 33.2 Å². The van der Waals surface area contributed by atoms with Gasteiger partial charge in [0.1, 0.15) is 0 Å². The van der Waals surface area contributed by atoms with E-state index in [4.69, 9.17) is 0 Å². The number of likely N-dealkylation sites (tertiary alicyclic amines) is 1. The van der Waals surface area contributed by atoms with Crippen LogP contribution in [0.4, 0.5) is 0 Å². The molecule has 0 radical (unpaired) electrons. The van der Waals surface area contributed by atoms with Crippen molar-refractivity contribution in [2.24, 2.45) is 5.92 Å². The van der Waals surface area contributed by atoms with Gasteiger partial charge in [-0.2, -0.15) is 0 Å². The topological polar surface area (TPSA) is 44.4 Å². The quantitative estimate of drug-likeness (QED) is 0.815. The first-order valence-electron chi connectivity index (χ1n) is 6.43. The molecule has 2 N–H and O–H groups in total. The first kappa shape index (κ1) is 18.0. The molecule has 2 aliphatic heterocycles. The van der Waals surface area contributed by atoms with E-state index in [2.05, 4.69) is 22.6 Å². The largest absolute Gasteiger partial charge is 0.355 e. The smallest absolute Gasteiger partial charge is 0.220 e. The van der Waals surface area contributed by atoms with Gasteiger partial charge in [-0.05, 0) is 51.9 Å². The van der Waals surface area contributed by atoms with Crippen molar-refractivity contribution in [3.63, 3.8) is 0 Å². The van der Waals surface area contributed by atoms with Gasteiger partial charge in [0, 0.05) is 19.0 Å². The first-order valence-corrected chi connectivity index (χ1v) is 6.43. The molecule has 1 amide bonds. The van der Waals surface area contributed by atoms with Crippen LogP contribution in [0.2, 0.25) is 0 Å². The van der Waals surface area contributed by atoms with Crippen LogP contribution >= 0.6 is 24.8 Å². The van der Waals surface area contributed by atoms with E-state index in [0.29, 0.717) is 18.4 Å². The minimum absolute atomic E-state index is 0. The molecule has 108 valence electrons. The Morgan fingerprint density at radius 1 is 1.39 bits per heavy atom. The molecule has 2 fully saturated rings. The highest BCUT2D eigenvalue weighted by atomic mass is 35.5. The fourth-order valence-corrected chi connectivity index (χ4v) is 2.69. The second kappa shape index (κ2) is 8.97. The lowest BCUT2D eigenvalue weighted by molar-refractivity contribution is -0.122. The van der Waals surface area contributed by atoms with Gasteiger partial charge in [0.2, 0.25) is 5.91 Å². The maximum absolute atomic E-state index is 11.7. The predicted octanol–water partition coefficient (Wildman–Crippen LogP) is 1.04. The number of carbonyl (C=O) groups excluding carboxylic acids is 1. The van der Waals surface area contributed by atoms with Crippen LogP contribution in [0.5, 0.6) is 0 Å². The molecule has 0 aromatic carbocycles. The van der Waals surface area contributed by atoms with E-state index < -0.39 is 0 Å². The number of hydrogen-bond acceptors (Lipinski definition) is 3. The Bertz CT molecular complexity index is 247. The van der Waals surface area contributed by atoms with Gasteiger partial charge in [-0.1, -0.05) is 0 Å². The Balaban J connectivity index is 0.00000144. The van der Waals surface area contributed by atoms with Gasteiger partial charge in [-0.3, -0.25) is 4.79 Å². The van der Waals surface area contributed by atoms with Crippen LogP contribution in [0.25, 0.3) is 0 Å². The number of amides is 1. The lowest BCUT2D eigenvalue weighted by Crippen LogP contribution is -2.38. The summed E-state index contributed by atoms with van der Waals surface area (Å²) < 4.78 is 0.